The molecule has 0 atom stereocenters. The molecular weight excluding hydrogens is 158 g/mol. The van der Waals surface area contributed by atoms with Crippen molar-refractivity contribution in [3.05, 3.63) is 0 Å². The molecule has 0 aliphatic rings. The molecule has 4 N–H and O–H groups in total. The number of nitrogens with two attached hydrogens (primary N) is 1. The normalized spacial score (nSPS) is 10.9. The highest BCUT2D eigenvalue weighted by atomic mass is 28.3. The lowest BCUT2D eigenvalue weighted by Crippen LogP contribution is -2.17. The fourth-order valence-corrected chi connectivity index (χ4v) is 3.13. The third kappa shape index (κ3) is 6.49. The molecule has 0 unspecified atom stereocenters. The minimum atomic E-state index is -0.489. The third-order valence-corrected chi connectivity index (χ3v) is 4.59. The molecule has 0 rings (SSSR count). The van der Waals surface area contributed by atoms with E-state index in [1.54, 1.807) is 0 Å². The Morgan fingerprint density at radius 2 is 1.55 bits per heavy atom. The summed E-state index contributed by atoms with van der Waals surface area (Å²) < 4.78 is 0. The zero-order valence-electron chi connectivity index (χ0n) is 6.92. The van der Waals surface area contributed by atoms with Crippen molar-refractivity contribution in [3.8, 4) is 0 Å². The zero-order valence-corrected chi connectivity index (χ0v) is 7.92. The zero-order chi connectivity index (χ0) is 8.53. The van der Waals surface area contributed by atoms with Crippen LogP contribution in [0.1, 0.15) is 6.42 Å². The molecular formula is C7H18NO2Si. The molecule has 0 saturated heterocycles. The number of hydrogen-bond donors (Lipinski definition) is 3. The predicted molar refractivity (Wildman–Crippen MR) is 48.0 cm³/mol. The first-order valence-electron chi connectivity index (χ1n) is 4.10. The Bertz CT molecular complexity index is 76.8. The summed E-state index contributed by atoms with van der Waals surface area (Å²) in [5.74, 6) is 0. The predicted octanol–water partition coefficient (Wildman–Crippen LogP) is -0.185. The first-order valence-corrected chi connectivity index (χ1v) is 6.22. The highest BCUT2D eigenvalue weighted by Crippen LogP contribution is 2.06. The quantitative estimate of drug-likeness (QED) is 0.471. The van der Waals surface area contributed by atoms with Crippen LogP contribution in [0.5, 0.6) is 0 Å². The Labute approximate surface area is 69.8 Å². The SMILES string of the molecule is NCCC[Si](CCO)CCO. The second-order valence-corrected chi connectivity index (χ2v) is 5.59. The Morgan fingerprint density at radius 1 is 1.00 bits per heavy atom. The van der Waals surface area contributed by atoms with Crippen LogP contribution in [-0.4, -0.2) is 38.8 Å². The second kappa shape index (κ2) is 8.20. The summed E-state index contributed by atoms with van der Waals surface area (Å²) >= 11 is 0. The van der Waals surface area contributed by atoms with Crippen molar-refractivity contribution in [3.63, 3.8) is 0 Å². The van der Waals surface area contributed by atoms with E-state index in [1.165, 1.54) is 0 Å². The molecule has 4 heteroatoms. The number of rotatable bonds is 7. The molecule has 0 aromatic rings. The van der Waals surface area contributed by atoms with E-state index in [2.05, 4.69) is 0 Å². The molecule has 0 aromatic carbocycles. The molecule has 0 amide bonds. The van der Waals surface area contributed by atoms with Crippen LogP contribution in [0.25, 0.3) is 0 Å². The minimum absolute atomic E-state index is 0.263. The fraction of sp³-hybridized carbons (Fsp3) is 1.00. The first kappa shape index (κ1) is 11.1. The minimum Gasteiger partial charge on any atom is -0.397 e. The summed E-state index contributed by atoms with van der Waals surface area (Å²) in [6.45, 7) is 1.25. The van der Waals surface area contributed by atoms with Crippen LogP contribution in [0.3, 0.4) is 0 Å². The first-order chi connectivity index (χ1) is 5.35. The topological polar surface area (TPSA) is 66.5 Å². The van der Waals surface area contributed by atoms with Gasteiger partial charge >= 0.3 is 0 Å². The third-order valence-electron chi connectivity index (χ3n) is 1.67. The van der Waals surface area contributed by atoms with Gasteiger partial charge in [-0.15, -0.1) is 0 Å². The summed E-state index contributed by atoms with van der Waals surface area (Å²) in [5.41, 5.74) is 5.36. The van der Waals surface area contributed by atoms with Crippen molar-refractivity contribution in [2.75, 3.05) is 19.8 Å². The second-order valence-electron chi connectivity index (χ2n) is 2.59. The summed E-state index contributed by atoms with van der Waals surface area (Å²) in [6, 6.07) is 2.92. The van der Waals surface area contributed by atoms with Crippen LogP contribution >= 0.6 is 0 Å². The summed E-state index contributed by atoms with van der Waals surface area (Å²) in [7, 11) is -0.489. The van der Waals surface area contributed by atoms with Gasteiger partial charge in [0.25, 0.3) is 0 Å². The van der Waals surface area contributed by atoms with Crippen LogP contribution in [0.2, 0.25) is 18.1 Å². The van der Waals surface area contributed by atoms with Gasteiger partial charge in [-0.2, -0.15) is 0 Å². The molecule has 3 nitrogen and oxygen atoms in total. The highest BCUT2D eigenvalue weighted by molar-refractivity contribution is 6.58. The molecule has 11 heavy (non-hydrogen) atoms. The van der Waals surface area contributed by atoms with Crippen LogP contribution in [0.15, 0.2) is 0 Å². The Kier molecular flexibility index (Phi) is 8.27. The summed E-state index contributed by atoms with van der Waals surface area (Å²) in [5, 5.41) is 17.4. The van der Waals surface area contributed by atoms with E-state index in [4.69, 9.17) is 15.9 Å². The van der Waals surface area contributed by atoms with Crippen LogP contribution in [-0.2, 0) is 0 Å². The molecule has 0 saturated carbocycles. The lowest BCUT2D eigenvalue weighted by atomic mass is 10.5. The number of hydrogen-bond acceptors (Lipinski definition) is 3. The lowest BCUT2D eigenvalue weighted by molar-refractivity contribution is 0.309. The molecule has 0 heterocycles. The highest BCUT2D eigenvalue weighted by Gasteiger charge is 2.08. The van der Waals surface area contributed by atoms with Gasteiger partial charge in [0.1, 0.15) is 0 Å². The monoisotopic (exact) mass is 176 g/mol. The van der Waals surface area contributed by atoms with Gasteiger partial charge in [-0.1, -0.05) is 6.04 Å². The molecule has 0 aromatic heterocycles. The van der Waals surface area contributed by atoms with E-state index in [1.807, 2.05) is 0 Å². The van der Waals surface area contributed by atoms with Crippen molar-refractivity contribution in [1.29, 1.82) is 0 Å². The van der Waals surface area contributed by atoms with Gasteiger partial charge in [0, 0.05) is 13.2 Å². The van der Waals surface area contributed by atoms with Crippen molar-refractivity contribution >= 4 is 8.80 Å². The number of aliphatic hydroxyl groups is 2. The van der Waals surface area contributed by atoms with E-state index in [9.17, 15) is 0 Å². The Balaban J connectivity index is 3.34. The molecule has 0 fully saturated rings. The van der Waals surface area contributed by atoms with Crippen LogP contribution in [0.4, 0.5) is 0 Å². The van der Waals surface area contributed by atoms with Crippen molar-refractivity contribution in [2.24, 2.45) is 5.73 Å². The van der Waals surface area contributed by atoms with E-state index in [-0.39, 0.29) is 13.2 Å². The molecule has 0 spiro atoms. The van der Waals surface area contributed by atoms with E-state index in [0.29, 0.717) is 0 Å². The Hall–Kier alpha value is 0.0969. The maximum atomic E-state index is 8.68. The van der Waals surface area contributed by atoms with Crippen LogP contribution < -0.4 is 5.73 Å². The van der Waals surface area contributed by atoms with Gasteiger partial charge in [-0.05, 0) is 25.1 Å². The van der Waals surface area contributed by atoms with Gasteiger partial charge in [0.15, 0.2) is 0 Å². The van der Waals surface area contributed by atoms with Gasteiger partial charge in [-0.25, -0.2) is 0 Å². The van der Waals surface area contributed by atoms with E-state index >= 15 is 0 Å². The van der Waals surface area contributed by atoms with Gasteiger partial charge < -0.3 is 15.9 Å². The van der Waals surface area contributed by atoms with Gasteiger partial charge in [0.2, 0.25) is 0 Å². The Morgan fingerprint density at radius 3 is 1.91 bits per heavy atom. The molecule has 0 aliphatic carbocycles. The lowest BCUT2D eigenvalue weighted by Gasteiger charge is -2.10. The van der Waals surface area contributed by atoms with Crippen LogP contribution in [0, 0.1) is 0 Å². The summed E-state index contributed by atoms with van der Waals surface area (Å²) in [4.78, 5) is 0. The standard InChI is InChI=1S/C7H18NO2Si/c8-2-1-5-11(6-3-9)7-4-10/h9-10H,1-8H2. The number of aliphatic hydroxyl groups excluding tert-OH is 2. The average Bonchev–Trinajstić information content (AvgIpc) is 2.01. The average molecular weight is 176 g/mol. The van der Waals surface area contributed by atoms with E-state index < -0.39 is 8.80 Å². The van der Waals surface area contributed by atoms with Gasteiger partial charge in [0.05, 0.1) is 8.80 Å². The largest absolute Gasteiger partial charge is 0.397 e. The maximum Gasteiger partial charge on any atom is 0.0526 e. The smallest absolute Gasteiger partial charge is 0.0526 e. The fourth-order valence-electron chi connectivity index (χ4n) is 1.04. The summed E-state index contributed by atoms with van der Waals surface area (Å²) in [6.07, 6.45) is 1.04. The van der Waals surface area contributed by atoms with E-state index in [0.717, 1.165) is 31.1 Å². The molecule has 0 aliphatic heterocycles. The van der Waals surface area contributed by atoms with Crippen molar-refractivity contribution < 1.29 is 10.2 Å². The van der Waals surface area contributed by atoms with Crippen molar-refractivity contribution in [2.45, 2.75) is 24.6 Å². The maximum absolute atomic E-state index is 8.68. The molecule has 1 radical (unpaired) electrons. The molecule has 67 valence electrons. The van der Waals surface area contributed by atoms with Crippen molar-refractivity contribution in [1.82, 2.24) is 0 Å². The molecule has 0 bridgehead atoms. The van der Waals surface area contributed by atoms with Gasteiger partial charge in [-0.3, -0.25) is 0 Å².